The van der Waals surface area contributed by atoms with Crippen molar-refractivity contribution in [2.24, 2.45) is 11.8 Å². The first-order valence-corrected chi connectivity index (χ1v) is 14.7. The lowest BCUT2D eigenvalue weighted by molar-refractivity contribution is 0.0215. The smallest absolute Gasteiger partial charge is 0.456 e. The Morgan fingerprint density at radius 3 is 2.73 bits per heavy atom. The zero-order valence-electron chi connectivity index (χ0n) is 23.6. The van der Waals surface area contributed by atoms with E-state index in [0.29, 0.717) is 30.4 Å². The maximum Gasteiger partial charge on any atom is 0.456 e. The van der Waals surface area contributed by atoms with Crippen LogP contribution in [0, 0.1) is 17.7 Å². The van der Waals surface area contributed by atoms with E-state index < -0.39 is 34.8 Å². The molecule has 0 spiro atoms. The molecule has 0 aromatic heterocycles. The molecule has 3 aliphatic rings. The van der Waals surface area contributed by atoms with Crippen molar-refractivity contribution in [3.63, 3.8) is 0 Å². The van der Waals surface area contributed by atoms with Crippen LogP contribution in [0.25, 0.3) is 6.08 Å². The van der Waals surface area contributed by atoms with Crippen molar-refractivity contribution >= 4 is 35.2 Å². The molecule has 5 rings (SSSR count). The van der Waals surface area contributed by atoms with Gasteiger partial charge in [-0.1, -0.05) is 22.5 Å². The minimum absolute atomic E-state index is 0.00821. The summed E-state index contributed by atoms with van der Waals surface area (Å²) in [5.41, 5.74) is 0.385. The molecule has 9 nitrogen and oxygen atoms in total. The van der Waals surface area contributed by atoms with Crippen LogP contribution in [0.2, 0.25) is 0 Å². The van der Waals surface area contributed by atoms with Crippen molar-refractivity contribution in [2.45, 2.75) is 43.1 Å². The number of rotatable bonds is 8. The number of anilines is 1. The second-order valence-corrected chi connectivity index (χ2v) is 12.6. The number of hydrogen-bond acceptors (Lipinski definition) is 8. The van der Waals surface area contributed by atoms with Crippen molar-refractivity contribution in [1.82, 2.24) is 4.90 Å². The number of ether oxygens (including phenoxy) is 3. The van der Waals surface area contributed by atoms with Gasteiger partial charge < -0.3 is 23.9 Å². The van der Waals surface area contributed by atoms with Gasteiger partial charge in [0, 0.05) is 30.5 Å². The third-order valence-electron chi connectivity index (χ3n) is 8.14. The number of benzene rings is 2. The van der Waals surface area contributed by atoms with Gasteiger partial charge in [-0.05, 0) is 69.0 Å². The first-order valence-electron chi connectivity index (χ1n) is 13.6. The average molecular weight is 587 g/mol. The molecule has 1 saturated carbocycles. The molecule has 2 aromatic carbocycles. The Hall–Kier alpha value is -3.12. The van der Waals surface area contributed by atoms with E-state index in [9.17, 15) is 23.6 Å². The Balaban J connectivity index is 1.47. The fourth-order valence-corrected chi connectivity index (χ4v) is 6.91. The van der Waals surface area contributed by atoms with Gasteiger partial charge in [0.05, 0.1) is 26.4 Å². The van der Waals surface area contributed by atoms with Crippen molar-refractivity contribution in [2.75, 3.05) is 44.8 Å². The predicted octanol–water partition coefficient (Wildman–Crippen LogP) is 4.51. The fraction of sp³-hybridized carbons (Fsp3) is 0.467. The summed E-state index contributed by atoms with van der Waals surface area (Å²) < 4.78 is 45.3. The summed E-state index contributed by atoms with van der Waals surface area (Å²) in [4.78, 5) is 28.4. The summed E-state index contributed by atoms with van der Waals surface area (Å²) in [7, 11) is 2.37. The molecule has 220 valence electrons. The van der Waals surface area contributed by atoms with Crippen molar-refractivity contribution in [3.8, 4) is 5.75 Å². The van der Waals surface area contributed by atoms with Crippen LogP contribution in [0.3, 0.4) is 0 Å². The molecule has 1 saturated heterocycles. The number of amides is 1. The van der Waals surface area contributed by atoms with Gasteiger partial charge in [0.15, 0.2) is 4.90 Å². The highest BCUT2D eigenvalue weighted by Crippen LogP contribution is 2.56. The monoisotopic (exact) mass is 586 g/mol. The van der Waals surface area contributed by atoms with Gasteiger partial charge in [0.1, 0.15) is 34.2 Å². The number of esters is 1. The Labute approximate surface area is 242 Å². The largest absolute Gasteiger partial charge is 0.587 e. The second-order valence-electron chi connectivity index (χ2n) is 11.3. The van der Waals surface area contributed by atoms with Crippen LogP contribution in [-0.2, 0) is 20.8 Å². The summed E-state index contributed by atoms with van der Waals surface area (Å²) in [6, 6.07) is 7.08. The summed E-state index contributed by atoms with van der Waals surface area (Å²) in [5, 5.41) is 10.3. The van der Waals surface area contributed by atoms with E-state index in [1.807, 2.05) is 6.08 Å². The number of methoxy groups -OCH3 is 2. The molecule has 1 unspecified atom stereocenters. The SMILES string of the molecule is COC(=O)c1c(N(C(=O)OC)[S+]([O-])c2ccc(F)cc2/C=C\CN2CC[C@H](C(C)(C)O)C2)ccc2c1OC[C@@H]1C[C@H]21. The van der Waals surface area contributed by atoms with E-state index >= 15 is 0 Å². The van der Waals surface area contributed by atoms with Crippen LogP contribution >= 0.6 is 0 Å². The third kappa shape index (κ3) is 5.94. The van der Waals surface area contributed by atoms with Crippen LogP contribution < -0.4 is 9.04 Å². The normalized spacial score (nSPS) is 22.5. The Kier molecular flexibility index (Phi) is 8.34. The topological polar surface area (TPSA) is 112 Å². The predicted molar refractivity (Wildman–Crippen MR) is 152 cm³/mol. The van der Waals surface area contributed by atoms with E-state index in [1.165, 1.54) is 25.3 Å². The van der Waals surface area contributed by atoms with Gasteiger partial charge in [-0.15, -0.1) is 0 Å². The van der Waals surface area contributed by atoms with Gasteiger partial charge in [0.2, 0.25) is 0 Å². The Bertz CT molecular complexity index is 1360. The molecule has 2 aromatic rings. The Morgan fingerprint density at radius 2 is 2.05 bits per heavy atom. The summed E-state index contributed by atoms with van der Waals surface area (Å²) in [6.45, 7) is 6.14. The molecule has 0 radical (unpaired) electrons. The summed E-state index contributed by atoms with van der Waals surface area (Å²) >= 11 is -2.24. The van der Waals surface area contributed by atoms with E-state index in [1.54, 1.807) is 32.1 Å². The molecule has 1 amide bonds. The van der Waals surface area contributed by atoms with Gasteiger partial charge in [-0.2, -0.15) is 0 Å². The molecule has 1 aliphatic carbocycles. The number of carbonyl (C=O) groups is 2. The molecule has 2 aliphatic heterocycles. The molecule has 4 atom stereocenters. The van der Waals surface area contributed by atoms with Crippen LogP contribution in [0.4, 0.5) is 14.9 Å². The highest BCUT2D eigenvalue weighted by Gasteiger charge is 2.47. The molecular formula is C30H35FN2O7S. The highest BCUT2D eigenvalue weighted by atomic mass is 32.2. The maximum absolute atomic E-state index is 14.4. The highest BCUT2D eigenvalue weighted by molar-refractivity contribution is 7.93. The van der Waals surface area contributed by atoms with Crippen molar-refractivity contribution in [1.29, 1.82) is 0 Å². The van der Waals surface area contributed by atoms with Crippen LogP contribution in [-0.4, -0.2) is 72.7 Å². The molecule has 2 fully saturated rings. The number of aliphatic hydroxyl groups is 1. The zero-order valence-corrected chi connectivity index (χ0v) is 24.4. The number of likely N-dealkylation sites (tertiary alicyclic amines) is 1. The zero-order chi connectivity index (χ0) is 29.5. The van der Waals surface area contributed by atoms with Crippen LogP contribution in [0.1, 0.15) is 54.1 Å². The second kappa shape index (κ2) is 11.6. The van der Waals surface area contributed by atoms with E-state index in [4.69, 9.17) is 14.2 Å². The fourth-order valence-electron chi connectivity index (χ4n) is 5.66. The third-order valence-corrected chi connectivity index (χ3v) is 9.56. The van der Waals surface area contributed by atoms with Crippen molar-refractivity contribution in [3.05, 3.63) is 58.9 Å². The lowest BCUT2D eigenvalue weighted by Gasteiger charge is -2.27. The van der Waals surface area contributed by atoms with Gasteiger partial charge in [-0.25, -0.2) is 14.0 Å². The molecule has 0 bridgehead atoms. The summed E-state index contributed by atoms with van der Waals surface area (Å²) in [5.74, 6) is -0.160. The van der Waals surface area contributed by atoms with Gasteiger partial charge in [0.25, 0.3) is 0 Å². The molecule has 1 N–H and O–H groups in total. The standard InChI is InChI=1S/C30H35FN2O7S/c1-30(2,36)20-11-13-32(16-20)12-5-6-18-14-21(31)7-10-25(18)41(37)33(29(35)39-4)24-9-8-22-23-15-19(23)17-40-27(22)26(24)28(34)38-3/h5-10,14,19-20,23,36H,11-13,15-17H2,1-4H3/b6-5-/t19-,20-,23-,41?/m0/s1. The van der Waals surface area contributed by atoms with E-state index in [-0.39, 0.29) is 28.0 Å². The lowest BCUT2D eigenvalue weighted by Crippen LogP contribution is -2.38. The first kappa shape index (κ1) is 29.4. The van der Waals surface area contributed by atoms with Crippen LogP contribution in [0.5, 0.6) is 5.75 Å². The van der Waals surface area contributed by atoms with Crippen LogP contribution in [0.15, 0.2) is 41.3 Å². The minimum atomic E-state index is -2.24. The van der Waals surface area contributed by atoms with E-state index in [0.717, 1.165) is 42.9 Å². The van der Waals surface area contributed by atoms with E-state index in [2.05, 4.69) is 4.90 Å². The number of halogens is 1. The first-order chi connectivity index (χ1) is 19.5. The summed E-state index contributed by atoms with van der Waals surface area (Å²) in [6.07, 6.45) is 4.34. The molecular weight excluding hydrogens is 551 g/mol. The minimum Gasteiger partial charge on any atom is -0.587 e. The lowest BCUT2D eigenvalue weighted by atomic mass is 9.90. The maximum atomic E-state index is 14.4. The molecule has 41 heavy (non-hydrogen) atoms. The number of nitrogens with zero attached hydrogens (tertiary/aromatic N) is 2. The number of carbonyl (C=O) groups excluding carboxylic acids is 2. The number of fused-ring (bicyclic) bond motifs is 3. The van der Waals surface area contributed by atoms with Crippen molar-refractivity contribution < 1.29 is 37.8 Å². The Morgan fingerprint density at radius 1 is 1.27 bits per heavy atom. The van der Waals surface area contributed by atoms with Gasteiger partial charge >= 0.3 is 12.1 Å². The quantitative estimate of drug-likeness (QED) is 0.355. The molecule has 2 heterocycles. The molecule has 11 heteroatoms. The number of hydrogen-bond donors (Lipinski definition) is 1. The average Bonchev–Trinajstić information content (AvgIpc) is 3.59. The van der Waals surface area contributed by atoms with Gasteiger partial charge in [-0.3, -0.25) is 4.90 Å².